The minimum Gasteiger partial charge on any atom is -0.355 e. The van der Waals surface area contributed by atoms with E-state index in [-0.39, 0.29) is 17.2 Å². The molecule has 1 aromatic carbocycles. The van der Waals surface area contributed by atoms with Crippen molar-refractivity contribution in [2.45, 2.75) is 6.18 Å². The highest BCUT2D eigenvalue weighted by Crippen LogP contribution is 2.31. The molecule has 0 spiro atoms. The summed E-state index contributed by atoms with van der Waals surface area (Å²) in [6.45, 7) is 0. The van der Waals surface area contributed by atoms with Gasteiger partial charge >= 0.3 is 6.18 Å². The van der Waals surface area contributed by atoms with Crippen molar-refractivity contribution >= 4 is 28.4 Å². The highest BCUT2D eigenvalue weighted by Gasteiger charge is 2.30. The molecular formula is C15H12F3N5O. The molecule has 6 nitrogen and oxygen atoms in total. The average Bonchev–Trinajstić information content (AvgIpc) is 3.01. The molecule has 9 heteroatoms. The molecule has 0 aliphatic carbocycles. The molecule has 0 saturated heterocycles. The molecule has 124 valence electrons. The standard InChI is InChI=1S/C15H12F3N5O/c1-19-13(24)12-5-10(7-20-12)22-14-21-6-8-4-9(15(16,17)18)2-3-11(8)23-14/h2-7,20H,1H3,(H,19,24)(H,21,22,23). The highest BCUT2D eigenvalue weighted by molar-refractivity contribution is 5.93. The maximum atomic E-state index is 12.7. The number of alkyl halides is 3. The van der Waals surface area contributed by atoms with Gasteiger partial charge in [0.15, 0.2) is 0 Å². The number of carbonyl (C=O) groups is 1. The van der Waals surface area contributed by atoms with Gasteiger partial charge in [0.05, 0.1) is 16.8 Å². The van der Waals surface area contributed by atoms with Crippen LogP contribution in [-0.2, 0) is 6.18 Å². The minimum absolute atomic E-state index is 0.213. The van der Waals surface area contributed by atoms with E-state index in [1.54, 1.807) is 12.3 Å². The number of benzene rings is 1. The SMILES string of the molecule is CNC(=O)c1cc(Nc2ncc3cc(C(F)(F)F)ccc3n2)c[nH]1. The fourth-order valence-corrected chi connectivity index (χ4v) is 2.13. The second-order valence-corrected chi connectivity index (χ2v) is 4.97. The van der Waals surface area contributed by atoms with Gasteiger partial charge in [-0.3, -0.25) is 4.79 Å². The van der Waals surface area contributed by atoms with Crippen LogP contribution in [0.2, 0.25) is 0 Å². The van der Waals surface area contributed by atoms with Gasteiger partial charge in [0.1, 0.15) is 5.69 Å². The van der Waals surface area contributed by atoms with Crippen LogP contribution in [0.4, 0.5) is 24.8 Å². The van der Waals surface area contributed by atoms with Crippen molar-refractivity contribution in [1.29, 1.82) is 0 Å². The van der Waals surface area contributed by atoms with E-state index in [1.807, 2.05) is 0 Å². The van der Waals surface area contributed by atoms with E-state index < -0.39 is 11.7 Å². The number of hydrogen-bond acceptors (Lipinski definition) is 4. The number of nitrogens with zero attached hydrogens (tertiary/aromatic N) is 2. The first kappa shape index (κ1) is 15.8. The van der Waals surface area contributed by atoms with Crippen LogP contribution in [0.15, 0.2) is 36.7 Å². The average molecular weight is 335 g/mol. The Morgan fingerprint density at radius 1 is 1.25 bits per heavy atom. The lowest BCUT2D eigenvalue weighted by molar-refractivity contribution is -0.137. The number of aromatic nitrogens is 3. The molecule has 3 aromatic rings. The minimum atomic E-state index is -4.41. The molecule has 0 bridgehead atoms. The van der Waals surface area contributed by atoms with Crippen LogP contribution in [0.3, 0.4) is 0 Å². The number of H-pyrrole nitrogens is 1. The van der Waals surface area contributed by atoms with Gasteiger partial charge in [-0.15, -0.1) is 0 Å². The summed E-state index contributed by atoms with van der Waals surface area (Å²) in [6, 6.07) is 4.83. The van der Waals surface area contributed by atoms with Gasteiger partial charge in [0.2, 0.25) is 5.95 Å². The predicted octanol–water partition coefficient (Wildman–Crippen LogP) is 3.08. The zero-order valence-corrected chi connectivity index (χ0v) is 12.4. The number of aromatic amines is 1. The van der Waals surface area contributed by atoms with E-state index >= 15 is 0 Å². The van der Waals surface area contributed by atoms with E-state index in [1.165, 1.54) is 19.3 Å². The van der Waals surface area contributed by atoms with E-state index in [0.717, 1.165) is 12.1 Å². The maximum Gasteiger partial charge on any atom is 0.416 e. The van der Waals surface area contributed by atoms with Crippen LogP contribution in [0.1, 0.15) is 16.1 Å². The number of rotatable bonds is 3. The third-order valence-electron chi connectivity index (χ3n) is 3.32. The predicted molar refractivity (Wildman–Crippen MR) is 82.0 cm³/mol. The second-order valence-electron chi connectivity index (χ2n) is 4.97. The maximum absolute atomic E-state index is 12.7. The lowest BCUT2D eigenvalue weighted by atomic mass is 10.1. The largest absolute Gasteiger partial charge is 0.416 e. The van der Waals surface area contributed by atoms with E-state index in [2.05, 4.69) is 25.6 Å². The van der Waals surface area contributed by atoms with E-state index in [4.69, 9.17) is 0 Å². The molecular weight excluding hydrogens is 323 g/mol. The molecule has 3 N–H and O–H groups in total. The van der Waals surface area contributed by atoms with Gasteiger partial charge in [0, 0.05) is 24.8 Å². The number of carbonyl (C=O) groups excluding carboxylic acids is 1. The first-order valence-electron chi connectivity index (χ1n) is 6.88. The van der Waals surface area contributed by atoms with Gasteiger partial charge in [-0.05, 0) is 24.3 Å². The van der Waals surface area contributed by atoms with Gasteiger partial charge < -0.3 is 15.6 Å². The monoisotopic (exact) mass is 335 g/mol. The number of fused-ring (bicyclic) bond motifs is 1. The summed E-state index contributed by atoms with van der Waals surface area (Å²) in [5.74, 6) is -0.0631. The van der Waals surface area contributed by atoms with Gasteiger partial charge in [-0.1, -0.05) is 0 Å². The van der Waals surface area contributed by atoms with Crippen molar-refractivity contribution in [2.75, 3.05) is 12.4 Å². The van der Waals surface area contributed by atoms with Crippen LogP contribution >= 0.6 is 0 Å². The third-order valence-corrected chi connectivity index (χ3v) is 3.32. The van der Waals surface area contributed by atoms with E-state index in [9.17, 15) is 18.0 Å². The second kappa shape index (κ2) is 5.84. The number of amides is 1. The van der Waals surface area contributed by atoms with Gasteiger partial charge in [-0.2, -0.15) is 13.2 Å². The number of nitrogens with one attached hydrogen (secondary N) is 3. The highest BCUT2D eigenvalue weighted by atomic mass is 19.4. The Hall–Kier alpha value is -3.10. The number of halogens is 3. The normalized spacial score (nSPS) is 11.5. The van der Waals surface area contributed by atoms with Crippen molar-refractivity contribution < 1.29 is 18.0 Å². The van der Waals surface area contributed by atoms with Gasteiger partial charge in [-0.25, -0.2) is 9.97 Å². The first-order valence-corrected chi connectivity index (χ1v) is 6.88. The Morgan fingerprint density at radius 3 is 2.75 bits per heavy atom. The summed E-state index contributed by atoms with van der Waals surface area (Å²) in [4.78, 5) is 22.4. The molecule has 0 radical (unpaired) electrons. The Balaban J connectivity index is 1.86. The van der Waals surface area contributed by atoms with Crippen molar-refractivity contribution in [3.63, 3.8) is 0 Å². The Labute approximate surface area is 134 Å². The zero-order valence-electron chi connectivity index (χ0n) is 12.4. The molecule has 24 heavy (non-hydrogen) atoms. The fourth-order valence-electron chi connectivity index (χ4n) is 2.13. The molecule has 0 saturated carbocycles. The summed E-state index contributed by atoms with van der Waals surface area (Å²) in [6.07, 6.45) is -1.54. The van der Waals surface area contributed by atoms with Crippen molar-refractivity contribution in [3.8, 4) is 0 Å². The number of hydrogen-bond donors (Lipinski definition) is 3. The number of anilines is 2. The van der Waals surface area contributed by atoms with E-state index in [0.29, 0.717) is 16.9 Å². The Morgan fingerprint density at radius 2 is 2.04 bits per heavy atom. The zero-order chi connectivity index (χ0) is 17.3. The lowest BCUT2D eigenvalue weighted by Crippen LogP contribution is -2.17. The first-order chi connectivity index (χ1) is 11.4. The van der Waals surface area contributed by atoms with Crippen LogP contribution in [-0.4, -0.2) is 27.9 Å². The fraction of sp³-hybridized carbons (Fsp3) is 0.133. The summed E-state index contributed by atoms with van der Waals surface area (Å²) in [7, 11) is 1.51. The molecule has 0 fully saturated rings. The van der Waals surface area contributed by atoms with Crippen LogP contribution < -0.4 is 10.6 Å². The molecule has 0 atom stereocenters. The summed E-state index contributed by atoms with van der Waals surface area (Å²) in [5, 5.41) is 5.65. The summed E-state index contributed by atoms with van der Waals surface area (Å²) in [5.41, 5.74) is 0.540. The summed E-state index contributed by atoms with van der Waals surface area (Å²) >= 11 is 0. The topological polar surface area (TPSA) is 82.7 Å². The molecule has 1 amide bonds. The van der Waals surface area contributed by atoms with Crippen molar-refractivity contribution in [3.05, 3.63) is 47.9 Å². The Kier molecular flexibility index (Phi) is 3.84. The van der Waals surface area contributed by atoms with Gasteiger partial charge in [0.25, 0.3) is 5.91 Å². The molecule has 0 aliphatic rings. The van der Waals surface area contributed by atoms with Crippen molar-refractivity contribution in [2.24, 2.45) is 0 Å². The third kappa shape index (κ3) is 3.14. The smallest absolute Gasteiger partial charge is 0.355 e. The molecule has 2 heterocycles. The molecule has 0 aliphatic heterocycles. The lowest BCUT2D eigenvalue weighted by Gasteiger charge is -2.08. The van der Waals surface area contributed by atoms with Crippen molar-refractivity contribution in [1.82, 2.24) is 20.3 Å². The molecule has 0 unspecified atom stereocenters. The quantitative estimate of drug-likeness (QED) is 0.687. The molecule has 3 rings (SSSR count). The van der Waals surface area contributed by atoms with Crippen LogP contribution in [0, 0.1) is 0 Å². The Bertz CT molecular complexity index is 904. The van der Waals surface area contributed by atoms with Crippen LogP contribution in [0.25, 0.3) is 10.9 Å². The van der Waals surface area contributed by atoms with Crippen LogP contribution in [0.5, 0.6) is 0 Å². The summed E-state index contributed by atoms with van der Waals surface area (Å²) < 4.78 is 38.1. The molecule has 2 aromatic heterocycles.